The van der Waals surface area contributed by atoms with Crippen LogP contribution in [0.2, 0.25) is 10.0 Å². The molecule has 0 radical (unpaired) electrons. The van der Waals surface area contributed by atoms with E-state index < -0.39 is 5.54 Å². The van der Waals surface area contributed by atoms with E-state index in [1.165, 1.54) is 6.20 Å². The van der Waals surface area contributed by atoms with Crippen molar-refractivity contribution < 1.29 is 9.53 Å². The summed E-state index contributed by atoms with van der Waals surface area (Å²) < 4.78 is 5.56. The van der Waals surface area contributed by atoms with Crippen molar-refractivity contribution in [3.8, 4) is 11.6 Å². The maximum absolute atomic E-state index is 12.0. The zero-order valence-electron chi connectivity index (χ0n) is 12.8. The average molecular weight is 354 g/mol. The zero-order chi connectivity index (χ0) is 17.0. The monoisotopic (exact) mass is 353 g/mol. The van der Waals surface area contributed by atoms with Crippen LogP contribution in [0.5, 0.6) is 11.6 Å². The van der Waals surface area contributed by atoms with Crippen LogP contribution < -0.4 is 15.8 Å². The molecule has 0 saturated carbocycles. The smallest absolute Gasteiger partial charge is 0.252 e. The molecule has 1 aromatic carbocycles. The fraction of sp³-hybridized carbons (Fsp3) is 0.250. The minimum atomic E-state index is -0.477. The average Bonchev–Trinajstić information content (AvgIpc) is 2.49. The number of aromatic nitrogens is 1. The van der Waals surface area contributed by atoms with Crippen molar-refractivity contribution >= 4 is 29.1 Å². The Morgan fingerprint density at radius 1 is 1.30 bits per heavy atom. The number of benzene rings is 1. The second-order valence-electron chi connectivity index (χ2n) is 5.71. The van der Waals surface area contributed by atoms with Crippen LogP contribution in [0.4, 0.5) is 0 Å². The van der Waals surface area contributed by atoms with E-state index in [9.17, 15) is 4.79 Å². The van der Waals surface area contributed by atoms with Crippen LogP contribution in [0.1, 0.15) is 24.2 Å². The standard InChI is InChI=1S/C16H17Cl2N3O2/c1-16(2,19)9-21-15(22)10-6-7-13(20-8-10)23-12-5-3-4-11(17)14(12)18/h3-8H,9,19H2,1-2H3,(H,21,22). The molecular formula is C16H17Cl2N3O2. The molecule has 122 valence electrons. The summed E-state index contributed by atoms with van der Waals surface area (Å²) in [6, 6.07) is 8.26. The fourth-order valence-corrected chi connectivity index (χ4v) is 1.99. The van der Waals surface area contributed by atoms with Crippen LogP contribution in [-0.2, 0) is 0 Å². The Morgan fingerprint density at radius 2 is 2.04 bits per heavy atom. The third kappa shape index (κ3) is 5.10. The number of amides is 1. The van der Waals surface area contributed by atoms with Crippen LogP contribution in [0.3, 0.4) is 0 Å². The number of hydrogen-bond donors (Lipinski definition) is 2. The van der Waals surface area contributed by atoms with Gasteiger partial charge in [0.15, 0.2) is 0 Å². The molecule has 3 N–H and O–H groups in total. The van der Waals surface area contributed by atoms with Gasteiger partial charge >= 0.3 is 0 Å². The molecule has 0 spiro atoms. The van der Waals surface area contributed by atoms with Gasteiger partial charge in [-0.05, 0) is 32.0 Å². The number of carbonyl (C=O) groups is 1. The van der Waals surface area contributed by atoms with Gasteiger partial charge in [-0.15, -0.1) is 0 Å². The Kier molecular flexibility index (Phi) is 5.46. The van der Waals surface area contributed by atoms with Gasteiger partial charge in [0.25, 0.3) is 5.91 Å². The zero-order valence-corrected chi connectivity index (χ0v) is 14.3. The van der Waals surface area contributed by atoms with Crippen molar-refractivity contribution in [2.45, 2.75) is 19.4 Å². The lowest BCUT2D eigenvalue weighted by molar-refractivity contribution is 0.0945. The van der Waals surface area contributed by atoms with Gasteiger partial charge in [0.1, 0.15) is 10.8 Å². The van der Waals surface area contributed by atoms with Crippen molar-refractivity contribution in [2.24, 2.45) is 5.73 Å². The van der Waals surface area contributed by atoms with E-state index >= 15 is 0 Å². The second-order valence-corrected chi connectivity index (χ2v) is 6.50. The number of pyridine rings is 1. The van der Waals surface area contributed by atoms with Gasteiger partial charge < -0.3 is 15.8 Å². The minimum absolute atomic E-state index is 0.247. The summed E-state index contributed by atoms with van der Waals surface area (Å²) in [5.41, 5.74) is 5.76. The Hall–Kier alpha value is -1.82. The van der Waals surface area contributed by atoms with E-state index in [0.29, 0.717) is 33.8 Å². The predicted molar refractivity (Wildman–Crippen MR) is 91.4 cm³/mol. The Labute approximate surface area is 144 Å². The lowest BCUT2D eigenvalue weighted by Gasteiger charge is -2.18. The molecule has 0 aliphatic carbocycles. The van der Waals surface area contributed by atoms with E-state index in [2.05, 4.69) is 10.3 Å². The van der Waals surface area contributed by atoms with Gasteiger partial charge in [-0.25, -0.2) is 4.98 Å². The lowest BCUT2D eigenvalue weighted by atomic mass is 10.1. The van der Waals surface area contributed by atoms with Crippen molar-refractivity contribution in [1.82, 2.24) is 10.3 Å². The van der Waals surface area contributed by atoms with Gasteiger partial charge in [-0.1, -0.05) is 29.3 Å². The SMILES string of the molecule is CC(C)(N)CNC(=O)c1ccc(Oc2cccc(Cl)c2Cl)nc1. The van der Waals surface area contributed by atoms with Crippen molar-refractivity contribution in [3.63, 3.8) is 0 Å². The molecule has 0 saturated heterocycles. The van der Waals surface area contributed by atoms with Gasteiger partial charge in [0, 0.05) is 24.3 Å². The first-order valence-corrected chi connectivity index (χ1v) is 7.67. The van der Waals surface area contributed by atoms with Gasteiger partial charge in [-0.3, -0.25) is 4.79 Å². The molecule has 0 bridgehead atoms. The number of halogens is 2. The highest BCUT2D eigenvalue weighted by Gasteiger charge is 2.14. The third-order valence-corrected chi connectivity index (χ3v) is 3.64. The molecule has 1 aromatic heterocycles. The van der Waals surface area contributed by atoms with Crippen LogP contribution in [0.15, 0.2) is 36.5 Å². The van der Waals surface area contributed by atoms with E-state index in [1.54, 1.807) is 30.3 Å². The van der Waals surface area contributed by atoms with Crippen molar-refractivity contribution in [3.05, 3.63) is 52.1 Å². The molecule has 5 nitrogen and oxygen atoms in total. The number of carbonyl (C=O) groups excluding carboxylic acids is 1. The minimum Gasteiger partial charge on any atom is -0.437 e. The molecule has 0 aliphatic heterocycles. The Bertz CT molecular complexity index is 697. The number of nitrogens with one attached hydrogen (secondary N) is 1. The number of nitrogens with two attached hydrogens (primary N) is 1. The van der Waals surface area contributed by atoms with Crippen LogP contribution in [-0.4, -0.2) is 23.0 Å². The highest BCUT2D eigenvalue weighted by Crippen LogP contribution is 2.33. The first-order valence-electron chi connectivity index (χ1n) is 6.91. The second kappa shape index (κ2) is 7.17. The maximum atomic E-state index is 12.0. The first-order chi connectivity index (χ1) is 10.8. The predicted octanol–water partition coefficient (Wildman–Crippen LogP) is 3.65. The Balaban J connectivity index is 2.05. The van der Waals surface area contributed by atoms with E-state index in [-0.39, 0.29) is 5.91 Å². The summed E-state index contributed by atoms with van der Waals surface area (Å²) in [6.07, 6.45) is 1.42. The summed E-state index contributed by atoms with van der Waals surface area (Å²) in [6.45, 7) is 4.02. The molecule has 0 fully saturated rings. The number of ether oxygens (including phenoxy) is 1. The molecule has 1 amide bonds. The quantitative estimate of drug-likeness (QED) is 0.859. The highest BCUT2D eigenvalue weighted by molar-refractivity contribution is 6.42. The molecule has 0 unspecified atom stereocenters. The summed E-state index contributed by atoms with van der Waals surface area (Å²) in [7, 11) is 0. The topological polar surface area (TPSA) is 77.2 Å². The molecule has 0 aliphatic rings. The first kappa shape index (κ1) is 17.5. The van der Waals surface area contributed by atoms with Crippen LogP contribution >= 0.6 is 23.2 Å². The molecule has 0 atom stereocenters. The van der Waals surface area contributed by atoms with E-state index in [0.717, 1.165) is 0 Å². The molecule has 2 aromatic rings. The lowest BCUT2D eigenvalue weighted by Crippen LogP contribution is -2.45. The van der Waals surface area contributed by atoms with Crippen LogP contribution in [0, 0.1) is 0 Å². The molecule has 1 heterocycles. The summed E-state index contributed by atoms with van der Waals surface area (Å²) in [5, 5.41) is 3.44. The van der Waals surface area contributed by atoms with Crippen molar-refractivity contribution in [1.29, 1.82) is 0 Å². The number of hydrogen-bond acceptors (Lipinski definition) is 4. The normalized spacial score (nSPS) is 11.2. The summed E-state index contributed by atoms with van der Waals surface area (Å²) in [5.74, 6) is 0.460. The van der Waals surface area contributed by atoms with E-state index in [4.69, 9.17) is 33.7 Å². The van der Waals surface area contributed by atoms with Crippen molar-refractivity contribution in [2.75, 3.05) is 6.54 Å². The largest absolute Gasteiger partial charge is 0.437 e. The molecule has 2 rings (SSSR count). The highest BCUT2D eigenvalue weighted by atomic mass is 35.5. The van der Waals surface area contributed by atoms with Gasteiger partial charge in [-0.2, -0.15) is 0 Å². The summed E-state index contributed by atoms with van der Waals surface area (Å²) in [4.78, 5) is 16.1. The fourth-order valence-electron chi connectivity index (χ4n) is 1.66. The van der Waals surface area contributed by atoms with Crippen LogP contribution in [0.25, 0.3) is 0 Å². The maximum Gasteiger partial charge on any atom is 0.252 e. The van der Waals surface area contributed by atoms with E-state index in [1.807, 2.05) is 13.8 Å². The molecular weight excluding hydrogens is 337 g/mol. The Morgan fingerprint density at radius 3 is 2.65 bits per heavy atom. The third-order valence-electron chi connectivity index (χ3n) is 2.83. The molecule has 7 heteroatoms. The summed E-state index contributed by atoms with van der Waals surface area (Å²) >= 11 is 12.0. The number of nitrogens with zero attached hydrogens (tertiary/aromatic N) is 1. The molecule has 23 heavy (non-hydrogen) atoms. The van der Waals surface area contributed by atoms with Gasteiger partial charge in [0.05, 0.1) is 10.6 Å². The number of rotatable bonds is 5. The van der Waals surface area contributed by atoms with Gasteiger partial charge in [0.2, 0.25) is 5.88 Å².